The number of non-ortho nitro benzene ring substituents is 1. The van der Waals surface area contributed by atoms with Gasteiger partial charge in [0, 0.05) is 12.1 Å². The second-order valence-corrected chi connectivity index (χ2v) is 4.52. The Kier molecular flexibility index (Phi) is 3.32. The van der Waals surface area contributed by atoms with Crippen LogP contribution in [0.2, 0.25) is 0 Å². The van der Waals surface area contributed by atoms with Crippen molar-refractivity contribution in [2.75, 3.05) is 14.1 Å². The van der Waals surface area contributed by atoms with Crippen molar-refractivity contribution in [2.45, 2.75) is 4.90 Å². The lowest BCUT2D eigenvalue weighted by Crippen LogP contribution is -2.15. The van der Waals surface area contributed by atoms with Crippen LogP contribution >= 0.6 is 0 Å². The number of benzene rings is 1. The van der Waals surface area contributed by atoms with Gasteiger partial charge in [-0.2, -0.15) is 0 Å². The topological polar surface area (TPSA) is 63.5 Å². The fourth-order valence-corrected chi connectivity index (χ4v) is 1.75. The van der Waals surface area contributed by atoms with Crippen LogP contribution < -0.4 is 0 Å². The molecule has 0 aliphatic heterocycles. The van der Waals surface area contributed by atoms with Crippen molar-refractivity contribution in [3.05, 3.63) is 34.4 Å². The van der Waals surface area contributed by atoms with E-state index < -0.39 is 15.9 Å². The van der Waals surface area contributed by atoms with E-state index in [1.54, 1.807) is 20.2 Å². The Balaban J connectivity index is 3.06. The number of rotatable bonds is 3. The fourth-order valence-electron chi connectivity index (χ4n) is 0.917. The molecule has 1 aromatic carbocycles. The van der Waals surface area contributed by atoms with Gasteiger partial charge in [-0.3, -0.25) is 10.1 Å². The molecule has 1 rings (SSSR count). The van der Waals surface area contributed by atoms with Gasteiger partial charge in [0.05, 0.1) is 9.82 Å². The molecule has 0 radical (unpaired) electrons. The van der Waals surface area contributed by atoms with E-state index >= 15 is 0 Å². The third-order valence-corrected chi connectivity index (χ3v) is 2.88. The van der Waals surface area contributed by atoms with Crippen LogP contribution in [0.3, 0.4) is 0 Å². The fraction of sp³-hybridized carbons (Fsp3) is 0.250. The molecule has 0 amide bonds. The highest BCUT2D eigenvalue weighted by Gasteiger charge is 2.11. The van der Waals surface area contributed by atoms with Crippen LogP contribution in [0, 0.1) is 10.1 Å². The molecule has 0 saturated carbocycles. The Labute approximate surface area is 84.1 Å². The molecule has 1 atom stereocenters. The van der Waals surface area contributed by atoms with Gasteiger partial charge in [-0.15, -0.1) is 0 Å². The average Bonchev–Trinajstić information content (AvgIpc) is 2.16. The summed E-state index contributed by atoms with van der Waals surface area (Å²) in [6.07, 6.45) is 0. The molecular formula is C8H10N2O3S. The van der Waals surface area contributed by atoms with Gasteiger partial charge in [-0.1, -0.05) is 6.07 Å². The van der Waals surface area contributed by atoms with Crippen LogP contribution in [-0.4, -0.2) is 27.5 Å². The molecule has 0 aromatic heterocycles. The van der Waals surface area contributed by atoms with Gasteiger partial charge < -0.3 is 0 Å². The zero-order valence-corrected chi connectivity index (χ0v) is 8.65. The molecule has 0 saturated heterocycles. The van der Waals surface area contributed by atoms with Gasteiger partial charge in [0.1, 0.15) is 11.0 Å². The average molecular weight is 214 g/mol. The van der Waals surface area contributed by atoms with E-state index in [1.807, 2.05) is 0 Å². The molecule has 0 fully saturated rings. The van der Waals surface area contributed by atoms with Crippen LogP contribution in [-0.2, 0) is 11.0 Å². The SMILES string of the molecule is CN(C)S(=O)c1cccc([N+](=O)[O-])c1. The van der Waals surface area contributed by atoms with E-state index in [-0.39, 0.29) is 5.69 Å². The summed E-state index contributed by atoms with van der Waals surface area (Å²) >= 11 is 0. The quantitative estimate of drug-likeness (QED) is 0.560. The highest BCUT2D eigenvalue weighted by atomic mass is 32.2. The number of hydrogen-bond acceptors (Lipinski definition) is 3. The Bertz CT molecular complexity index is 379. The van der Waals surface area contributed by atoms with Crippen molar-refractivity contribution in [3.63, 3.8) is 0 Å². The summed E-state index contributed by atoms with van der Waals surface area (Å²) in [4.78, 5) is 10.4. The first-order valence-corrected chi connectivity index (χ1v) is 4.96. The van der Waals surface area contributed by atoms with E-state index in [4.69, 9.17) is 0 Å². The number of nitro groups is 1. The van der Waals surface area contributed by atoms with E-state index in [0.717, 1.165) is 0 Å². The molecule has 1 aromatic rings. The maximum absolute atomic E-state index is 11.5. The first kappa shape index (κ1) is 10.8. The van der Waals surface area contributed by atoms with Gasteiger partial charge in [0.2, 0.25) is 0 Å². The third kappa shape index (κ3) is 2.36. The van der Waals surface area contributed by atoms with Gasteiger partial charge in [-0.25, -0.2) is 8.51 Å². The highest BCUT2D eigenvalue weighted by molar-refractivity contribution is 7.82. The number of nitro benzene ring substituents is 1. The molecule has 6 heteroatoms. The van der Waals surface area contributed by atoms with E-state index in [2.05, 4.69) is 0 Å². The summed E-state index contributed by atoms with van der Waals surface area (Å²) in [6, 6.07) is 5.81. The Hall–Kier alpha value is -1.27. The molecule has 0 spiro atoms. The van der Waals surface area contributed by atoms with Crippen molar-refractivity contribution in [1.29, 1.82) is 0 Å². The normalized spacial score (nSPS) is 12.8. The zero-order chi connectivity index (χ0) is 10.7. The van der Waals surface area contributed by atoms with E-state index in [9.17, 15) is 14.3 Å². The monoisotopic (exact) mass is 214 g/mol. The molecule has 76 valence electrons. The summed E-state index contributed by atoms with van der Waals surface area (Å²) in [5.74, 6) is 0. The summed E-state index contributed by atoms with van der Waals surface area (Å²) in [5.41, 5.74) is -0.0438. The first-order valence-electron chi connectivity index (χ1n) is 3.86. The predicted octanol–water partition coefficient (Wildman–Crippen LogP) is 1.18. The maximum Gasteiger partial charge on any atom is 0.270 e. The van der Waals surface area contributed by atoms with Crippen molar-refractivity contribution in [1.82, 2.24) is 4.31 Å². The van der Waals surface area contributed by atoms with Crippen LogP contribution in [0.15, 0.2) is 29.2 Å². The van der Waals surface area contributed by atoms with Crippen LogP contribution in [0.1, 0.15) is 0 Å². The van der Waals surface area contributed by atoms with Crippen LogP contribution in [0.4, 0.5) is 5.69 Å². The largest absolute Gasteiger partial charge is 0.270 e. The van der Waals surface area contributed by atoms with Crippen molar-refractivity contribution < 1.29 is 9.13 Å². The van der Waals surface area contributed by atoms with Gasteiger partial charge in [0.15, 0.2) is 0 Å². The molecule has 0 heterocycles. The van der Waals surface area contributed by atoms with E-state index in [0.29, 0.717) is 4.90 Å². The summed E-state index contributed by atoms with van der Waals surface area (Å²) in [7, 11) is 1.96. The first-order chi connectivity index (χ1) is 6.52. The molecule has 0 bridgehead atoms. The second-order valence-electron chi connectivity index (χ2n) is 2.82. The van der Waals surface area contributed by atoms with Crippen molar-refractivity contribution in [3.8, 4) is 0 Å². The lowest BCUT2D eigenvalue weighted by Gasteiger charge is -2.08. The molecule has 1 unspecified atom stereocenters. The summed E-state index contributed by atoms with van der Waals surface area (Å²) in [5, 5.41) is 10.4. The lowest BCUT2D eigenvalue weighted by atomic mass is 10.3. The van der Waals surface area contributed by atoms with E-state index in [1.165, 1.54) is 22.5 Å². The zero-order valence-electron chi connectivity index (χ0n) is 7.84. The molecular weight excluding hydrogens is 204 g/mol. The molecule has 0 aliphatic rings. The van der Waals surface area contributed by atoms with Crippen LogP contribution in [0.5, 0.6) is 0 Å². The highest BCUT2D eigenvalue weighted by Crippen LogP contribution is 2.16. The minimum absolute atomic E-state index is 0.0438. The molecule has 0 N–H and O–H groups in total. The smallest absolute Gasteiger partial charge is 0.258 e. The Morgan fingerprint density at radius 2 is 2.07 bits per heavy atom. The number of hydrogen-bond donors (Lipinski definition) is 0. The molecule has 5 nitrogen and oxygen atoms in total. The minimum Gasteiger partial charge on any atom is -0.258 e. The maximum atomic E-state index is 11.5. The molecule has 14 heavy (non-hydrogen) atoms. The van der Waals surface area contributed by atoms with Crippen molar-refractivity contribution >= 4 is 16.7 Å². The lowest BCUT2D eigenvalue weighted by molar-refractivity contribution is -0.385. The van der Waals surface area contributed by atoms with Gasteiger partial charge in [-0.05, 0) is 20.2 Å². The predicted molar refractivity (Wildman–Crippen MR) is 53.2 cm³/mol. The second kappa shape index (κ2) is 4.30. The Morgan fingerprint density at radius 1 is 1.43 bits per heavy atom. The summed E-state index contributed by atoms with van der Waals surface area (Å²) < 4.78 is 13.0. The van der Waals surface area contributed by atoms with Crippen molar-refractivity contribution in [2.24, 2.45) is 0 Å². The van der Waals surface area contributed by atoms with Gasteiger partial charge in [0.25, 0.3) is 5.69 Å². The molecule has 0 aliphatic carbocycles. The third-order valence-electron chi connectivity index (χ3n) is 1.56. The van der Waals surface area contributed by atoms with Gasteiger partial charge >= 0.3 is 0 Å². The van der Waals surface area contributed by atoms with Crippen LogP contribution in [0.25, 0.3) is 0 Å². The summed E-state index contributed by atoms with van der Waals surface area (Å²) in [6.45, 7) is 0. The standard InChI is InChI=1S/C8H10N2O3S/c1-9(2)14(13)8-5-3-4-7(6-8)10(11)12/h3-6H,1-2H3. The Morgan fingerprint density at radius 3 is 2.57 bits per heavy atom. The number of nitrogens with zero attached hydrogens (tertiary/aromatic N) is 2. The minimum atomic E-state index is -1.33.